The van der Waals surface area contributed by atoms with Gasteiger partial charge in [-0.1, -0.05) is 0 Å². The molecular weight excluding hydrogens is 274 g/mol. The van der Waals surface area contributed by atoms with Gasteiger partial charge in [-0.2, -0.15) is 0 Å². The topological polar surface area (TPSA) is 78.1 Å². The molecule has 0 bridgehead atoms. The number of carbonyl (C=O) groups excluding carboxylic acids is 1. The number of methoxy groups -OCH3 is 1. The maximum atomic E-state index is 11.3. The third-order valence-electron chi connectivity index (χ3n) is 2.48. The van der Waals surface area contributed by atoms with Crippen LogP contribution < -0.4 is 5.73 Å². The fourth-order valence-corrected chi connectivity index (χ4v) is 1.83. The van der Waals surface area contributed by atoms with Crippen molar-refractivity contribution < 1.29 is 9.53 Å². The Morgan fingerprint density at radius 1 is 1.69 bits per heavy atom. The lowest BCUT2D eigenvalue weighted by molar-refractivity contribution is -0.142. The van der Waals surface area contributed by atoms with Crippen molar-refractivity contribution in [3.63, 3.8) is 0 Å². The zero-order valence-electron chi connectivity index (χ0n) is 8.81. The molecule has 1 atom stereocenters. The van der Waals surface area contributed by atoms with Crippen LogP contribution in [-0.2, 0) is 9.53 Å². The highest BCUT2D eigenvalue weighted by atomic mass is 79.9. The molecule has 0 saturated heterocycles. The van der Waals surface area contributed by atoms with Crippen LogP contribution in [0.1, 0.15) is 36.3 Å². The number of hydrogen-bond acceptors (Lipinski definition) is 5. The summed E-state index contributed by atoms with van der Waals surface area (Å²) in [4.78, 5) is 19.9. The van der Waals surface area contributed by atoms with Crippen LogP contribution in [0.25, 0.3) is 0 Å². The Morgan fingerprint density at radius 3 is 2.94 bits per heavy atom. The van der Waals surface area contributed by atoms with E-state index in [1.54, 1.807) is 6.20 Å². The zero-order chi connectivity index (χ0) is 11.7. The van der Waals surface area contributed by atoms with E-state index in [0.29, 0.717) is 16.1 Å². The summed E-state index contributed by atoms with van der Waals surface area (Å²) in [6.07, 6.45) is 3.85. The molecule has 1 heterocycles. The molecule has 2 N–H and O–H groups in total. The van der Waals surface area contributed by atoms with Gasteiger partial charge in [0.05, 0.1) is 17.3 Å². The molecule has 1 aromatic heterocycles. The van der Waals surface area contributed by atoms with Crippen molar-refractivity contribution in [2.45, 2.75) is 24.8 Å². The molecule has 1 aliphatic carbocycles. The highest BCUT2D eigenvalue weighted by Gasteiger charge is 2.29. The molecule has 6 heteroatoms. The summed E-state index contributed by atoms with van der Waals surface area (Å²) in [5, 5.41) is 0. The van der Waals surface area contributed by atoms with Gasteiger partial charge in [-0.3, -0.25) is 0 Å². The van der Waals surface area contributed by atoms with Crippen molar-refractivity contribution in [1.82, 2.24) is 9.97 Å². The normalized spacial score (nSPS) is 16.9. The number of halogens is 1. The molecule has 1 fully saturated rings. The van der Waals surface area contributed by atoms with E-state index >= 15 is 0 Å². The van der Waals surface area contributed by atoms with E-state index in [1.807, 2.05) is 0 Å². The van der Waals surface area contributed by atoms with E-state index in [9.17, 15) is 4.79 Å². The number of nitrogens with two attached hydrogens (primary N) is 1. The van der Waals surface area contributed by atoms with Crippen LogP contribution in [0.4, 0.5) is 0 Å². The molecule has 0 radical (unpaired) electrons. The average Bonchev–Trinajstić information content (AvgIpc) is 3.11. The zero-order valence-corrected chi connectivity index (χ0v) is 10.4. The molecule has 0 spiro atoms. The Hall–Kier alpha value is -1.01. The standard InChI is InChI=1S/C10H12BrN3O2/c1-16-10(15)7(12)8-6(11)4-13-9(14-8)5-2-3-5/h4-5,7H,2-3,12H2,1H3. The van der Waals surface area contributed by atoms with Gasteiger partial charge in [0, 0.05) is 12.1 Å². The number of ether oxygens (including phenoxy) is 1. The summed E-state index contributed by atoms with van der Waals surface area (Å²) in [7, 11) is 1.30. The van der Waals surface area contributed by atoms with Crippen molar-refractivity contribution in [3.8, 4) is 0 Å². The molecule has 1 unspecified atom stereocenters. The van der Waals surface area contributed by atoms with Crippen LogP contribution in [0.2, 0.25) is 0 Å². The number of hydrogen-bond donors (Lipinski definition) is 1. The number of nitrogens with zero attached hydrogens (tertiary/aromatic N) is 2. The van der Waals surface area contributed by atoms with Gasteiger partial charge >= 0.3 is 5.97 Å². The molecule has 2 rings (SSSR count). The molecule has 0 amide bonds. The molecule has 1 saturated carbocycles. The van der Waals surface area contributed by atoms with Gasteiger partial charge in [0.2, 0.25) is 0 Å². The Bertz CT molecular complexity index is 421. The third-order valence-corrected chi connectivity index (χ3v) is 3.09. The third kappa shape index (κ3) is 2.22. The Morgan fingerprint density at radius 2 is 2.38 bits per heavy atom. The SMILES string of the molecule is COC(=O)C(N)c1nc(C2CC2)ncc1Br. The summed E-state index contributed by atoms with van der Waals surface area (Å²) < 4.78 is 5.23. The lowest BCUT2D eigenvalue weighted by atomic mass is 10.2. The number of rotatable bonds is 3. The maximum absolute atomic E-state index is 11.3. The summed E-state index contributed by atoms with van der Waals surface area (Å²) in [5.41, 5.74) is 6.23. The predicted octanol–water partition coefficient (Wildman–Crippen LogP) is 1.29. The van der Waals surface area contributed by atoms with Crippen molar-refractivity contribution >= 4 is 21.9 Å². The van der Waals surface area contributed by atoms with Crippen LogP contribution in [0.5, 0.6) is 0 Å². The summed E-state index contributed by atoms with van der Waals surface area (Å²) in [6, 6.07) is -0.861. The first kappa shape index (κ1) is 11.5. The maximum Gasteiger partial charge on any atom is 0.328 e. The number of carbonyl (C=O) groups is 1. The van der Waals surface area contributed by atoms with Gasteiger partial charge in [0.15, 0.2) is 0 Å². The van der Waals surface area contributed by atoms with Gasteiger partial charge < -0.3 is 10.5 Å². The fourth-order valence-electron chi connectivity index (χ4n) is 1.39. The monoisotopic (exact) mass is 285 g/mol. The van der Waals surface area contributed by atoms with E-state index in [0.717, 1.165) is 18.7 Å². The van der Waals surface area contributed by atoms with Gasteiger partial charge in [-0.05, 0) is 28.8 Å². The average molecular weight is 286 g/mol. The van der Waals surface area contributed by atoms with Gasteiger partial charge in [-0.15, -0.1) is 0 Å². The molecular formula is C10H12BrN3O2. The minimum Gasteiger partial charge on any atom is -0.468 e. The molecule has 16 heavy (non-hydrogen) atoms. The molecule has 1 aromatic rings. The van der Waals surface area contributed by atoms with E-state index in [2.05, 4.69) is 30.6 Å². The van der Waals surface area contributed by atoms with Crippen LogP contribution in [0.3, 0.4) is 0 Å². The second-order valence-corrected chi connectivity index (χ2v) is 4.59. The Labute approximate surface area is 102 Å². The highest BCUT2D eigenvalue weighted by Crippen LogP contribution is 2.38. The van der Waals surface area contributed by atoms with Gasteiger partial charge in [0.1, 0.15) is 11.9 Å². The smallest absolute Gasteiger partial charge is 0.328 e. The predicted molar refractivity (Wildman–Crippen MR) is 60.7 cm³/mol. The van der Waals surface area contributed by atoms with Crippen LogP contribution in [0, 0.1) is 0 Å². The first-order valence-electron chi connectivity index (χ1n) is 4.99. The summed E-state index contributed by atoms with van der Waals surface area (Å²) in [6.45, 7) is 0. The van der Waals surface area contributed by atoms with Gasteiger partial charge in [-0.25, -0.2) is 14.8 Å². The van der Waals surface area contributed by atoms with Crippen LogP contribution in [-0.4, -0.2) is 23.0 Å². The van der Waals surface area contributed by atoms with Crippen LogP contribution in [0.15, 0.2) is 10.7 Å². The highest BCUT2D eigenvalue weighted by molar-refractivity contribution is 9.10. The van der Waals surface area contributed by atoms with Gasteiger partial charge in [0.25, 0.3) is 0 Å². The summed E-state index contributed by atoms with van der Waals surface area (Å²) in [5.74, 6) is 0.690. The van der Waals surface area contributed by atoms with Crippen LogP contribution >= 0.6 is 15.9 Å². The van der Waals surface area contributed by atoms with E-state index in [1.165, 1.54) is 7.11 Å². The van der Waals surface area contributed by atoms with E-state index in [-0.39, 0.29) is 0 Å². The molecule has 1 aliphatic rings. The molecule has 5 nitrogen and oxygen atoms in total. The lowest BCUT2D eigenvalue weighted by Crippen LogP contribution is -2.24. The van der Waals surface area contributed by atoms with Crippen molar-refractivity contribution in [2.24, 2.45) is 5.73 Å². The minimum absolute atomic E-state index is 0.427. The first-order valence-corrected chi connectivity index (χ1v) is 5.78. The van der Waals surface area contributed by atoms with Crippen molar-refractivity contribution in [1.29, 1.82) is 0 Å². The summed E-state index contributed by atoms with van der Waals surface area (Å²) >= 11 is 3.29. The minimum atomic E-state index is -0.861. The molecule has 86 valence electrons. The Balaban J connectivity index is 2.30. The second-order valence-electron chi connectivity index (χ2n) is 3.74. The first-order chi connectivity index (χ1) is 7.63. The van der Waals surface area contributed by atoms with E-state index in [4.69, 9.17) is 5.73 Å². The van der Waals surface area contributed by atoms with E-state index < -0.39 is 12.0 Å². The molecule has 0 aliphatic heterocycles. The largest absolute Gasteiger partial charge is 0.468 e. The van der Waals surface area contributed by atoms with Crippen molar-refractivity contribution in [2.75, 3.05) is 7.11 Å². The number of esters is 1. The number of aromatic nitrogens is 2. The Kier molecular flexibility index (Phi) is 3.20. The second kappa shape index (κ2) is 4.47. The molecule has 0 aromatic carbocycles. The quantitative estimate of drug-likeness (QED) is 0.847. The lowest BCUT2D eigenvalue weighted by Gasteiger charge is -2.11. The van der Waals surface area contributed by atoms with Crippen molar-refractivity contribution in [3.05, 3.63) is 22.2 Å². The fraction of sp³-hybridized carbons (Fsp3) is 0.500.